The van der Waals surface area contributed by atoms with Crippen molar-refractivity contribution in [1.29, 1.82) is 0 Å². The van der Waals surface area contributed by atoms with Gasteiger partial charge in [-0.15, -0.1) is 0 Å². The number of hydrogen-bond donors (Lipinski definition) is 0. The number of carbonyl (C=O) groups is 1. The Morgan fingerprint density at radius 3 is 2.71 bits per heavy atom. The van der Waals surface area contributed by atoms with Crippen LogP contribution in [0.1, 0.15) is 37.4 Å². The van der Waals surface area contributed by atoms with Gasteiger partial charge in [0.1, 0.15) is 10.9 Å². The molecule has 1 aliphatic rings. The number of carbonyl (C=O) groups excluding carboxylic acids is 1. The van der Waals surface area contributed by atoms with E-state index in [1.54, 1.807) is 4.68 Å². The lowest BCUT2D eigenvalue weighted by molar-refractivity contribution is -0.123. The molecule has 0 aromatic carbocycles. The molecular formula is C13H19ClN2O. The topological polar surface area (TPSA) is 34.9 Å². The summed E-state index contributed by atoms with van der Waals surface area (Å²) < 4.78 is 1.64. The number of hydrogen-bond acceptors (Lipinski definition) is 2. The normalized spacial score (nSPS) is 24.2. The molecule has 0 amide bonds. The summed E-state index contributed by atoms with van der Waals surface area (Å²) in [6.07, 6.45) is 3.83. The van der Waals surface area contributed by atoms with Crippen molar-refractivity contribution in [1.82, 2.24) is 9.78 Å². The zero-order valence-electron chi connectivity index (χ0n) is 10.7. The lowest BCUT2D eigenvalue weighted by Gasteiger charge is -2.13. The van der Waals surface area contributed by atoms with Crippen molar-refractivity contribution in [2.45, 2.75) is 39.5 Å². The number of aryl methyl sites for hydroxylation is 2. The predicted molar refractivity (Wildman–Crippen MR) is 68.2 cm³/mol. The molecule has 2 rings (SSSR count). The fourth-order valence-corrected chi connectivity index (χ4v) is 3.05. The van der Waals surface area contributed by atoms with Gasteiger partial charge < -0.3 is 0 Å². The summed E-state index contributed by atoms with van der Waals surface area (Å²) in [5.41, 5.74) is 1.77. The minimum atomic E-state index is 0.227. The van der Waals surface area contributed by atoms with Gasteiger partial charge in [-0.1, -0.05) is 24.9 Å². The standard InChI is InChI=1S/C13H19ClN2O/c1-8-5-4-6-10(8)12(17)7-11-9(2)15-16(3)13(11)14/h8,10H,4-7H2,1-3H3. The Labute approximate surface area is 107 Å². The molecule has 0 N–H and O–H groups in total. The molecule has 0 spiro atoms. The fraction of sp³-hybridized carbons (Fsp3) is 0.692. The summed E-state index contributed by atoms with van der Waals surface area (Å²) in [5, 5.41) is 4.84. The molecule has 1 saturated carbocycles. The zero-order chi connectivity index (χ0) is 12.6. The first-order chi connectivity index (χ1) is 8.00. The second-order valence-corrected chi connectivity index (χ2v) is 5.49. The average Bonchev–Trinajstić information content (AvgIpc) is 2.78. The third-order valence-corrected chi connectivity index (χ3v) is 4.37. The van der Waals surface area contributed by atoms with E-state index in [2.05, 4.69) is 12.0 Å². The van der Waals surface area contributed by atoms with Crippen molar-refractivity contribution >= 4 is 17.4 Å². The van der Waals surface area contributed by atoms with Gasteiger partial charge in [-0.05, 0) is 25.7 Å². The van der Waals surface area contributed by atoms with Crippen LogP contribution in [0.5, 0.6) is 0 Å². The Balaban J connectivity index is 2.13. The molecule has 4 heteroatoms. The first-order valence-corrected chi connectivity index (χ1v) is 6.59. The third-order valence-electron chi connectivity index (χ3n) is 3.90. The molecule has 1 heterocycles. The highest BCUT2D eigenvalue weighted by Crippen LogP contribution is 2.33. The number of ketones is 1. The lowest BCUT2D eigenvalue weighted by Crippen LogP contribution is -2.19. The summed E-state index contributed by atoms with van der Waals surface area (Å²) in [4.78, 5) is 12.2. The van der Waals surface area contributed by atoms with Crippen LogP contribution in [0.15, 0.2) is 0 Å². The number of rotatable bonds is 3. The van der Waals surface area contributed by atoms with E-state index < -0.39 is 0 Å². The predicted octanol–water partition coefficient (Wildman–Crippen LogP) is 2.93. The second-order valence-electron chi connectivity index (χ2n) is 5.14. The Kier molecular flexibility index (Phi) is 3.57. The summed E-state index contributed by atoms with van der Waals surface area (Å²) in [6, 6.07) is 0. The number of aromatic nitrogens is 2. The van der Waals surface area contributed by atoms with E-state index in [1.807, 2.05) is 14.0 Å². The van der Waals surface area contributed by atoms with E-state index in [0.717, 1.165) is 17.7 Å². The van der Waals surface area contributed by atoms with E-state index in [1.165, 1.54) is 12.8 Å². The molecule has 0 saturated heterocycles. The van der Waals surface area contributed by atoms with Gasteiger partial charge >= 0.3 is 0 Å². The molecule has 3 nitrogen and oxygen atoms in total. The largest absolute Gasteiger partial charge is 0.299 e. The van der Waals surface area contributed by atoms with Gasteiger partial charge in [0, 0.05) is 24.9 Å². The Morgan fingerprint density at radius 1 is 1.53 bits per heavy atom. The van der Waals surface area contributed by atoms with Crippen LogP contribution in [0.25, 0.3) is 0 Å². The molecular weight excluding hydrogens is 236 g/mol. The van der Waals surface area contributed by atoms with Gasteiger partial charge in [0.15, 0.2) is 0 Å². The molecule has 1 aromatic heterocycles. The van der Waals surface area contributed by atoms with E-state index in [9.17, 15) is 4.79 Å². The SMILES string of the molecule is Cc1nn(C)c(Cl)c1CC(=O)C1CCCC1C. The van der Waals surface area contributed by atoms with Gasteiger partial charge in [-0.3, -0.25) is 9.48 Å². The molecule has 1 aliphatic carbocycles. The quantitative estimate of drug-likeness (QED) is 0.831. The van der Waals surface area contributed by atoms with Crippen molar-refractivity contribution in [2.75, 3.05) is 0 Å². The van der Waals surface area contributed by atoms with Crippen LogP contribution < -0.4 is 0 Å². The van der Waals surface area contributed by atoms with E-state index >= 15 is 0 Å². The highest BCUT2D eigenvalue weighted by molar-refractivity contribution is 6.30. The minimum absolute atomic E-state index is 0.227. The van der Waals surface area contributed by atoms with E-state index in [0.29, 0.717) is 23.3 Å². The molecule has 0 radical (unpaired) electrons. The maximum absolute atomic E-state index is 12.2. The number of halogens is 1. The molecule has 17 heavy (non-hydrogen) atoms. The monoisotopic (exact) mass is 254 g/mol. The molecule has 1 fully saturated rings. The van der Waals surface area contributed by atoms with E-state index in [4.69, 9.17) is 11.6 Å². The minimum Gasteiger partial charge on any atom is -0.299 e. The van der Waals surface area contributed by atoms with Crippen molar-refractivity contribution in [3.63, 3.8) is 0 Å². The molecule has 94 valence electrons. The third kappa shape index (κ3) is 2.39. The summed E-state index contributed by atoms with van der Waals surface area (Å²) in [7, 11) is 1.81. The Bertz CT molecular complexity index is 439. The van der Waals surface area contributed by atoms with Gasteiger partial charge in [-0.2, -0.15) is 5.10 Å². The van der Waals surface area contributed by atoms with Crippen LogP contribution in [0.3, 0.4) is 0 Å². The van der Waals surface area contributed by atoms with Crippen LogP contribution >= 0.6 is 11.6 Å². The number of nitrogens with zero attached hydrogens (tertiary/aromatic N) is 2. The van der Waals surface area contributed by atoms with Gasteiger partial charge in [0.2, 0.25) is 0 Å². The van der Waals surface area contributed by atoms with Crippen LogP contribution in [0.4, 0.5) is 0 Å². The molecule has 0 aliphatic heterocycles. The highest BCUT2D eigenvalue weighted by Gasteiger charge is 2.30. The van der Waals surface area contributed by atoms with Gasteiger partial charge in [0.25, 0.3) is 0 Å². The van der Waals surface area contributed by atoms with Crippen molar-refractivity contribution in [3.05, 3.63) is 16.4 Å². The second kappa shape index (κ2) is 4.81. The molecule has 2 atom stereocenters. The van der Waals surface area contributed by atoms with Crippen molar-refractivity contribution in [2.24, 2.45) is 18.9 Å². The summed E-state index contributed by atoms with van der Waals surface area (Å²) in [6.45, 7) is 4.08. The van der Waals surface area contributed by atoms with Crippen LogP contribution in [0.2, 0.25) is 5.15 Å². The number of Topliss-reactive ketones (excluding diaryl/α,β-unsaturated/α-hetero) is 1. The van der Waals surface area contributed by atoms with Crippen molar-refractivity contribution < 1.29 is 4.79 Å². The molecule has 0 bridgehead atoms. The van der Waals surface area contributed by atoms with E-state index in [-0.39, 0.29) is 5.92 Å². The van der Waals surface area contributed by atoms with Crippen LogP contribution in [-0.4, -0.2) is 15.6 Å². The Hall–Kier alpha value is -0.830. The zero-order valence-corrected chi connectivity index (χ0v) is 11.4. The first-order valence-electron chi connectivity index (χ1n) is 6.21. The van der Waals surface area contributed by atoms with Gasteiger partial charge in [-0.25, -0.2) is 0 Å². The summed E-state index contributed by atoms with van der Waals surface area (Å²) >= 11 is 6.15. The molecule has 1 aromatic rings. The maximum Gasteiger partial charge on any atom is 0.140 e. The first kappa shape index (κ1) is 12.6. The van der Waals surface area contributed by atoms with Crippen LogP contribution in [0, 0.1) is 18.8 Å². The highest BCUT2D eigenvalue weighted by atomic mass is 35.5. The molecule has 2 unspecified atom stereocenters. The lowest BCUT2D eigenvalue weighted by atomic mass is 9.90. The van der Waals surface area contributed by atoms with Gasteiger partial charge in [0.05, 0.1) is 5.69 Å². The maximum atomic E-state index is 12.2. The average molecular weight is 255 g/mol. The summed E-state index contributed by atoms with van der Waals surface area (Å²) in [5.74, 6) is 1.08. The fourth-order valence-electron chi connectivity index (χ4n) is 2.80. The van der Waals surface area contributed by atoms with Crippen molar-refractivity contribution in [3.8, 4) is 0 Å². The smallest absolute Gasteiger partial charge is 0.140 e. The Morgan fingerprint density at radius 2 is 2.24 bits per heavy atom. The van der Waals surface area contributed by atoms with Crippen LogP contribution in [-0.2, 0) is 18.3 Å².